The summed E-state index contributed by atoms with van der Waals surface area (Å²) < 4.78 is 0. The van der Waals surface area contributed by atoms with Crippen LogP contribution in [0.4, 0.5) is 35.7 Å². The van der Waals surface area contributed by atoms with Crippen LogP contribution in [0.3, 0.4) is 0 Å². The number of aliphatic hydroxyl groups excluding tert-OH is 2. The molecule has 0 aliphatic heterocycles. The molecule has 0 atom stereocenters. The highest BCUT2D eigenvalue weighted by Crippen LogP contribution is 2.13. The van der Waals surface area contributed by atoms with Crippen molar-refractivity contribution in [3.63, 3.8) is 0 Å². The summed E-state index contributed by atoms with van der Waals surface area (Å²) in [4.78, 5) is 25.8. The van der Waals surface area contributed by atoms with E-state index in [1.165, 1.54) is 4.90 Å². The summed E-state index contributed by atoms with van der Waals surface area (Å²) in [6, 6.07) is 0. The first-order chi connectivity index (χ1) is 11.8. The van der Waals surface area contributed by atoms with Gasteiger partial charge in [0.2, 0.25) is 35.7 Å². The van der Waals surface area contributed by atoms with Crippen molar-refractivity contribution in [1.29, 1.82) is 0 Å². The maximum absolute atomic E-state index is 8.98. The van der Waals surface area contributed by atoms with Crippen LogP contribution in [0.1, 0.15) is 0 Å². The van der Waals surface area contributed by atoms with Crippen LogP contribution in [0.15, 0.2) is 0 Å². The van der Waals surface area contributed by atoms with Gasteiger partial charge in [0.25, 0.3) is 0 Å². The van der Waals surface area contributed by atoms with E-state index < -0.39 is 0 Å². The number of nitrogens with zero attached hydrogens (tertiary/aromatic N) is 8. The van der Waals surface area contributed by atoms with E-state index in [1.807, 2.05) is 0 Å². The fourth-order valence-corrected chi connectivity index (χ4v) is 1.36. The van der Waals surface area contributed by atoms with Gasteiger partial charge in [-0.25, -0.2) is 0 Å². The summed E-state index contributed by atoms with van der Waals surface area (Å²) in [6.07, 6.45) is 0. The van der Waals surface area contributed by atoms with Crippen LogP contribution in [0.2, 0.25) is 0 Å². The van der Waals surface area contributed by atoms with Gasteiger partial charge in [0, 0.05) is 21.1 Å². The van der Waals surface area contributed by atoms with E-state index in [4.69, 9.17) is 27.4 Å². The lowest BCUT2D eigenvalue weighted by atomic mass is 10.7. The van der Waals surface area contributed by atoms with Gasteiger partial charge in [0.1, 0.15) is 13.5 Å². The van der Waals surface area contributed by atoms with E-state index in [0.717, 1.165) is 0 Å². The van der Waals surface area contributed by atoms with Crippen LogP contribution in [-0.4, -0.2) is 74.7 Å². The van der Waals surface area contributed by atoms with E-state index in [1.54, 1.807) is 26.0 Å². The molecule has 0 fully saturated rings. The van der Waals surface area contributed by atoms with E-state index in [0.29, 0.717) is 11.9 Å². The second-order valence-electron chi connectivity index (χ2n) is 4.74. The summed E-state index contributed by atoms with van der Waals surface area (Å²) in [5.41, 5.74) is 15.4. The van der Waals surface area contributed by atoms with Gasteiger partial charge in [-0.3, -0.25) is 0 Å². The molecular weight excluding hydrogens is 332 g/mol. The highest BCUT2D eigenvalue weighted by Gasteiger charge is 2.10. The van der Waals surface area contributed by atoms with Gasteiger partial charge in [-0.15, -0.1) is 0 Å². The minimum atomic E-state index is -0.265. The fourth-order valence-electron chi connectivity index (χ4n) is 1.36. The highest BCUT2D eigenvalue weighted by molar-refractivity contribution is 5.43. The summed E-state index contributed by atoms with van der Waals surface area (Å²) in [7, 11) is 5.24. The molecule has 2 heterocycles. The second kappa shape index (κ2) is 9.14. The highest BCUT2D eigenvalue weighted by atomic mass is 16.3. The van der Waals surface area contributed by atoms with Gasteiger partial charge in [-0.1, -0.05) is 0 Å². The Morgan fingerprint density at radius 1 is 0.800 bits per heavy atom. The molecule has 0 radical (unpaired) electrons. The average molecular weight is 354 g/mol. The number of nitrogens with one attached hydrogen (secondary N) is 1. The van der Waals surface area contributed by atoms with Crippen LogP contribution >= 0.6 is 0 Å². The summed E-state index contributed by atoms with van der Waals surface area (Å²) >= 11 is 0. The number of nitrogens with two attached hydrogens (primary N) is 3. The second-order valence-corrected chi connectivity index (χ2v) is 4.74. The van der Waals surface area contributed by atoms with Crippen LogP contribution in [0.25, 0.3) is 0 Å². The molecule has 2 aromatic heterocycles. The Bertz CT molecular complexity index is 632. The largest absolute Gasteiger partial charge is 0.376 e. The zero-order chi connectivity index (χ0) is 19.0. The molecule has 0 aliphatic rings. The third kappa shape index (κ3) is 6.40. The molecule has 14 nitrogen and oxygen atoms in total. The lowest BCUT2D eigenvalue weighted by Crippen LogP contribution is -2.24. The molecular formula is C11H22N12O2. The Kier molecular flexibility index (Phi) is 7.23. The van der Waals surface area contributed by atoms with Crippen molar-refractivity contribution < 1.29 is 10.2 Å². The number of nitrogen functional groups attached to an aromatic ring is 3. The molecule has 2 rings (SSSR count). The maximum Gasteiger partial charge on any atom is 0.233 e. The lowest BCUT2D eigenvalue weighted by Gasteiger charge is -2.17. The molecule has 0 spiro atoms. The molecule has 138 valence electrons. The standard InChI is InChI=1S/C8H16N6O2.C3H6N6/c1-13(2)7-10-6(9-4-15)11-8(12-7)14(3)5-16;4-1-7-2(5)9-3(6)8-1/h15-16H,4-5H2,1-3H3,(H,9,10,11,12);(H6,4,5,6,7,8,9). The Balaban J connectivity index is 0.000000293. The van der Waals surface area contributed by atoms with Crippen molar-refractivity contribution in [2.45, 2.75) is 0 Å². The van der Waals surface area contributed by atoms with Crippen LogP contribution in [0.5, 0.6) is 0 Å². The Hall–Kier alpha value is -3.26. The van der Waals surface area contributed by atoms with E-state index in [2.05, 4.69) is 35.2 Å². The third-order valence-corrected chi connectivity index (χ3v) is 2.49. The molecule has 0 saturated heterocycles. The van der Waals surface area contributed by atoms with Crippen molar-refractivity contribution in [2.75, 3.05) is 66.9 Å². The number of rotatable bonds is 5. The SMILES string of the molecule is CN(C)c1nc(NCO)nc(N(C)CO)n1.Nc1nc(N)nc(N)n1. The summed E-state index contributed by atoms with van der Waals surface area (Å²) in [5.74, 6) is 1.16. The predicted molar refractivity (Wildman–Crippen MR) is 93.4 cm³/mol. The summed E-state index contributed by atoms with van der Waals surface area (Å²) in [6.45, 7) is -0.464. The van der Waals surface area contributed by atoms with Crippen LogP contribution < -0.4 is 32.3 Å². The van der Waals surface area contributed by atoms with Gasteiger partial charge in [-0.05, 0) is 0 Å². The van der Waals surface area contributed by atoms with Crippen molar-refractivity contribution in [3.8, 4) is 0 Å². The van der Waals surface area contributed by atoms with Crippen molar-refractivity contribution >= 4 is 35.7 Å². The average Bonchev–Trinajstić information content (AvgIpc) is 2.53. The van der Waals surface area contributed by atoms with E-state index in [-0.39, 0.29) is 37.3 Å². The molecule has 0 bridgehead atoms. The van der Waals surface area contributed by atoms with Gasteiger partial charge >= 0.3 is 0 Å². The maximum atomic E-state index is 8.98. The zero-order valence-electron chi connectivity index (χ0n) is 14.1. The number of hydrogen-bond donors (Lipinski definition) is 6. The minimum absolute atomic E-state index is 0.0417. The van der Waals surface area contributed by atoms with Gasteiger partial charge in [-0.2, -0.15) is 29.9 Å². The first-order valence-corrected chi connectivity index (χ1v) is 6.89. The number of aliphatic hydroxyl groups is 2. The molecule has 0 aromatic carbocycles. The molecule has 9 N–H and O–H groups in total. The summed E-state index contributed by atoms with van der Waals surface area (Å²) in [5, 5.41) is 20.3. The molecule has 0 amide bonds. The number of aromatic nitrogens is 6. The molecule has 0 aliphatic carbocycles. The number of anilines is 6. The molecule has 0 saturated carbocycles. The molecule has 2 aromatic rings. The predicted octanol–water partition coefficient (Wildman–Crippen LogP) is -2.70. The normalized spacial score (nSPS) is 9.80. The molecule has 25 heavy (non-hydrogen) atoms. The van der Waals surface area contributed by atoms with Gasteiger partial charge in [0.15, 0.2) is 0 Å². The first-order valence-electron chi connectivity index (χ1n) is 6.89. The molecule has 0 unspecified atom stereocenters. The van der Waals surface area contributed by atoms with Crippen LogP contribution in [-0.2, 0) is 0 Å². The van der Waals surface area contributed by atoms with E-state index in [9.17, 15) is 0 Å². The minimum Gasteiger partial charge on any atom is -0.376 e. The number of hydrogen-bond acceptors (Lipinski definition) is 14. The fraction of sp³-hybridized carbons (Fsp3) is 0.455. The zero-order valence-corrected chi connectivity index (χ0v) is 14.1. The van der Waals surface area contributed by atoms with Crippen molar-refractivity contribution in [1.82, 2.24) is 29.9 Å². The Labute approximate surface area is 143 Å². The lowest BCUT2D eigenvalue weighted by molar-refractivity contribution is 0.296. The third-order valence-electron chi connectivity index (χ3n) is 2.49. The Morgan fingerprint density at radius 2 is 1.28 bits per heavy atom. The van der Waals surface area contributed by atoms with Gasteiger partial charge < -0.3 is 42.5 Å². The van der Waals surface area contributed by atoms with E-state index >= 15 is 0 Å². The first kappa shape index (κ1) is 19.8. The van der Waals surface area contributed by atoms with Crippen LogP contribution in [0, 0.1) is 0 Å². The topological polar surface area (TPSA) is 214 Å². The van der Waals surface area contributed by atoms with Crippen molar-refractivity contribution in [3.05, 3.63) is 0 Å². The molecule has 14 heteroatoms. The Morgan fingerprint density at radius 3 is 1.68 bits per heavy atom. The van der Waals surface area contributed by atoms with Gasteiger partial charge in [0.05, 0.1) is 0 Å². The monoisotopic (exact) mass is 354 g/mol. The smallest absolute Gasteiger partial charge is 0.233 e. The van der Waals surface area contributed by atoms with Crippen molar-refractivity contribution in [2.24, 2.45) is 0 Å². The quantitative estimate of drug-likeness (QED) is 0.301.